The van der Waals surface area contributed by atoms with Crippen molar-refractivity contribution in [2.24, 2.45) is 0 Å². The molecule has 0 aliphatic carbocycles. The molecule has 21 heavy (non-hydrogen) atoms. The summed E-state index contributed by atoms with van der Waals surface area (Å²) in [4.78, 5) is 28.5. The van der Waals surface area contributed by atoms with E-state index in [1.54, 1.807) is 9.80 Å². The fraction of sp³-hybridized carbons (Fsp3) is 0.875. The van der Waals surface area contributed by atoms with Gasteiger partial charge in [-0.3, -0.25) is 9.59 Å². The summed E-state index contributed by atoms with van der Waals surface area (Å²) in [6, 6.07) is 0.121. The van der Waals surface area contributed by atoms with Crippen LogP contribution in [-0.4, -0.2) is 59.9 Å². The van der Waals surface area contributed by atoms with Gasteiger partial charge < -0.3 is 15.1 Å². The molecule has 1 N–H and O–H groups in total. The van der Waals surface area contributed by atoms with Crippen LogP contribution in [0, 0.1) is 0 Å². The van der Waals surface area contributed by atoms with E-state index in [2.05, 4.69) is 19.2 Å². The van der Waals surface area contributed by atoms with Gasteiger partial charge in [0, 0.05) is 19.1 Å². The van der Waals surface area contributed by atoms with Crippen LogP contribution in [-0.2, 0) is 9.59 Å². The molecule has 5 nitrogen and oxygen atoms in total. The molecule has 2 amide bonds. The summed E-state index contributed by atoms with van der Waals surface area (Å²) in [5.41, 5.74) is 0. The molecule has 120 valence electrons. The molecule has 0 aromatic rings. The summed E-state index contributed by atoms with van der Waals surface area (Å²) in [6.45, 7) is 6.97. The maximum atomic E-state index is 12.6. The molecule has 2 atom stereocenters. The van der Waals surface area contributed by atoms with Crippen molar-refractivity contribution >= 4 is 11.8 Å². The standard InChI is InChI=1S/C16H29N3O2/c1-3-7-13(17-9-4-2)11-18-12-15(20)19-10-6-5-8-14(19)16(18)21/h13-14,17H,3-12H2,1-2H3. The molecule has 2 saturated heterocycles. The predicted octanol–water partition coefficient (Wildman–Crippen LogP) is 1.38. The van der Waals surface area contributed by atoms with Gasteiger partial charge in [-0.1, -0.05) is 20.3 Å². The summed E-state index contributed by atoms with van der Waals surface area (Å²) in [6.07, 6.45) is 6.15. The molecule has 2 unspecified atom stereocenters. The monoisotopic (exact) mass is 295 g/mol. The minimum atomic E-state index is -0.187. The van der Waals surface area contributed by atoms with Gasteiger partial charge in [0.15, 0.2) is 0 Å². The largest absolute Gasteiger partial charge is 0.330 e. The van der Waals surface area contributed by atoms with Crippen molar-refractivity contribution in [3.05, 3.63) is 0 Å². The molecule has 0 saturated carbocycles. The minimum absolute atomic E-state index is 0.130. The summed E-state index contributed by atoms with van der Waals surface area (Å²) in [5, 5.41) is 3.51. The highest BCUT2D eigenvalue weighted by molar-refractivity contribution is 5.95. The first kappa shape index (κ1) is 16.3. The zero-order chi connectivity index (χ0) is 15.2. The van der Waals surface area contributed by atoms with Gasteiger partial charge in [0.2, 0.25) is 11.8 Å². The van der Waals surface area contributed by atoms with E-state index in [-0.39, 0.29) is 24.4 Å². The third-order valence-electron chi connectivity index (χ3n) is 4.51. The fourth-order valence-corrected chi connectivity index (χ4v) is 3.40. The Kier molecular flexibility index (Phi) is 6.03. The van der Waals surface area contributed by atoms with E-state index < -0.39 is 0 Å². The van der Waals surface area contributed by atoms with E-state index >= 15 is 0 Å². The molecule has 0 radical (unpaired) electrons. The molecule has 2 aliphatic heterocycles. The van der Waals surface area contributed by atoms with Crippen molar-refractivity contribution < 1.29 is 9.59 Å². The smallest absolute Gasteiger partial charge is 0.245 e. The normalized spacial score (nSPS) is 24.2. The summed E-state index contributed by atoms with van der Waals surface area (Å²) in [7, 11) is 0. The SMILES string of the molecule is CCCNC(CCC)CN1CC(=O)N2CCCCC2C1=O. The number of fused-ring (bicyclic) bond motifs is 1. The van der Waals surface area contributed by atoms with E-state index in [1.165, 1.54) is 0 Å². The molecule has 5 heteroatoms. The van der Waals surface area contributed by atoms with E-state index in [4.69, 9.17) is 0 Å². The van der Waals surface area contributed by atoms with Gasteiger partial charge in [0.25, 0.3) is 0 Å². The maximum Gasteiger partial charge on any atom is 0.245 e. The Hall–Kier alpha value is -1.10. The molecule has 2 heterocycles. The molecule has 2 aliphatic rings. The van der Waals surface area contributed by atoms with E-state index in [0.717, 1.165) is 51.6 Å². The lowest BCUT2D eigenvalue weighted by atomic mass is 9.98. The van der Waals surface area contributed by atoms with Crippen LogP contribution in [0.2, 0.25) is 0 Å². The van der Waals surface area contributed by atoms with Crippen molar-refractivity contribution in [2.45, 2.75) is 64.5 Å². The second-order valence-electron chi connectivity index (χ2n) is 6.26. The van der Waals surface area contributed by atoms with Crippen molar-refractivity contribution in [3.8, 4) is 0 Å². The molecular weight excluding hydrogens is 266 g/mol. The Morgan fingerprint density at radius 3 is 2.76 bits per heavy atom. The lowest BCUT2D eigenvalue weighted by Gasteiger charge is -2.43. The van der Waals surface area contributed by atoms with Crippen LogP contribution in [0.4, 0.5) is 0 Å². The van der Waals surface area contributed by atoms with Crippen LogP contribution in [0.1, 0.15) is 52.4 Å². The number of nitrogens with zero attached hydrogens (tertiary/aromatic N) is 2. The Balaban J connectivity index is 1.98. The number of hydrogen-bond acceptors (Lipinski definition) is 3. The lowest BCUT2D eigenvalue weighted by Crippen LogP contribution is -2.62. The van der Waals surface area contributed by atoms with Crippen molar-refractivity contribution in [1.82, 2.24) is 15.1 Å². The molecule has 2 fully saturated rings. The van der Waals surface area contributed by atoms with Gasteiger partial charge in [-0.2, -0.15) is 0 Å². The van der Waals surface area contributed by atoms with Crippen LogP contribution in [0.25, 0.3) is 0 Å². The van der Waals surface area contributed by atoms with Gasteiger partial charge in [0.1, 0.15) is 6.04 Å². The quantitative estimate of drug-likeness (QED) is 0.772. The van der Waals surface area contributed by atoms with Crippen LogP contribution < -0.4 is 5.32 Å². The molecule has 2 rings (SSSR count). The third-order valence-corrected chi connectivity index (χ3v) is 4.51. The first-order chi connectivity index (χ1) is 10.2. The van der Waals surface area contributed by atoms with Gasteiger partial charge in [-0.15, -0.1) is 0 Å². The Labute approximate surface area is 128 Å². The molecular formula is C16H29N3O2. The van der Waals surface area contributed by atoms with Gasteiger partial charge in [-0.05, 0) is 38.6 Å². The van der Waals surface area contributed by atoms with Crippen LogP contribution in [0.3, 0.4) is 0 Å². The number of carbonyl (C=O) groups is 2. The predicted molar refractivity (Wildman–Crippen MR) is 82.9 cm³/mol. The zero-order valence-corrected chi connectivity index (χ0v) is 13.4. The van der Waals surface area contributed by atoms with Gasteiger partial charge >= 0.3 is 0 Å². The summed E-state index contributed by atoms with van der Waals surface area (Å²) in [5.74, 6) is 0.291. The number of nitrogens with one attached hydrogen (secondary N) is 1. The Morgan fingerprint density at radius 2 is 2.05 bits per heavy atom. The fourth-order valence-electron chi connectivity index (χ4n) is 3.40. The van der Waals surface area contributed by atoms with E-state index in [0.29, 0.717) is 12.6 Å². The summed E-state index contributed by atoms with van der Waals surface area (Å²) < 4.78 is 0. The summed E-state index contributed by atoms with van der Waals surface area (Å²) >= 11 is 0. The van der Waals surface area contributed by atoms with Crippen LogP contribution in [0.5, 0.6) is 0 Å². The third kappa shape index (κ3) is 3.96. The molecule has 0 bridgehead atoms. The van der Waals surface area contributed by atoms with Gasteiger partial charge in [-0.25, -0.2) is 0 Å². The Morgan fingerprint density at radius 1 is 1.24 bits per heavy atom. The first-order valence-corrected chi connectivity index (χ1v) is 8.49. The number of amides is 2. The number of rotatable bonds is 7. The number of carbonyl (C=O) groups excluding carboxylic acids is 2. The van der Waals surface area contributed by atoms with Crippen molar-refractivity contribution in [1.29, 1.82) is 0 Å². The van der Waals surface area contributed by atoms with Crippen molar-refractivity contribution in [3.63, 3.8) is 0 Å². The van der Waals surface area contributed by atoms with E-state index in [9.17, 15) is 9.59 Å². The van der Waals surface area contributed by atoms with E-state index in [1.807, 2.05) is 0 Å². The maximum absolute atomic E-state index is 12.6. The zero-order valence-electron chi connectivity index (χ0n) is 13.4. The molecule has 0 aromatic heterocycles. The van der Waals surface area contributed by atoms with Crippen LogP contribution in [0.15, 0.2) is 0 Å². The average molecular weight is 295 g/mol. The Bertz CT molecular complexity index is 373. The lowest BCUT2D eigenvalue weighted by molar-refractivity contribution is -0.158. The second-order valence-corrected chi connectivity index (χ2v) is 6.26. The van der Waals surface area contributed by atoms with Crippen LogP contribution >= 0.6 is 0 Å². The second kappa shape index (κ2) is 7.78. The highest BCUT2D eigenvalue weighted by Gasteiger charge is 2.40. The molecule has 0 spiro atoms. The van der Waals surface area contributed by atoms with Gasteiger partial charge in [0.05, 0.1) is 6.54 Å². The number of piperidine rings is 1. The number of piperazine rings is 1. The highest BCUT2D eigenvalue weighted by atomic mass is 16.2. The topological polar surface area (TPSA) is 52.7 Å². The highest BCUT2D eigenvalue weighted by Crippen LogP contribution is 2.23. The number of hydrogen-bond donors (Lipinski definition) is 1. The minimum Gasteiger partial charge on any atom is -0.330 e. The van der Waals surface area contributed by atoms with Crippen molar-refractivity contribution in [2.75, 3.05) is 26.2 Å². The molecule has 0 aromatic carbocycles. The first-order valence-electron chi connectivity index (χ1n) is 8.49. The average Bonchev–Trinajstić information content (AvgIpc) is 2.50.